The highest BCUT2D eigenvalue weighted by molar-refractivity contribution is 5.78. The number of carbonyl (C=O) groups is 1. The fourth-order valence-electron chi connectivity index (χ4n) is 2.55. The zero-order valence-corrected chi connectivity index (χ0v) is 12.2. The van der Waals surface area contributed by atoms with E-state index >= 15 is 0 Å². The van der Waals surface area contributed by atoms with Crippen molar-refractivity contribution in [3.8, 4) is 0 Å². The number of anilines is 1. The number of rotatable bonds is 3. The molecule has 1 amide bonds. The molecule has 0 atom stereocenters. The van der Waals surface area contributed by atoms with E-state index in [0.717, 1.165) is 31.7 Å². The van der Waals surface area contributed by atoms with E-state index in [1.165, 1.54) is 4.63 Å². The predicted octanol–water partition coefficient (Wildman–Crippen LogP) is 0.578. The molecular weight excluding hydrogens is 270 g/mol. The third-order valence-electron chi connectivity index (χ3n) is 3.72. The summed E-state index contributed by atoms with van der Waals surface area (Å²) in [6.07, 6.45) is 1.85. The number of likely N-dealkylation sites (tertiary alicyclic amines) is 1. The maximum absolute atomic E-state index is 11.9. The lowest BCUT2D eigenvalue weighted by atomic mass is 10.0. The van der Waals surface area contributed by atoms with Gasteiger partial charge in [-0.2, -0.15) is 0 Å². The number of tetrazole rings is 1. The van der Waals surface area contributed by atoms with Crippen LogP contribution in [0.25, 0.3) is 5.65 Å². The summed E-state index contributed by atoms with van der Waals surface area (Å²) in [5, 5.41) is 18.8. The van der Waals surface area contributed by atoms with Crippen molar-refractivity contribution >= 4 is 17.4 Å². The van der Waals surface area contributed by atoms with E-state index in [4.69, 9.17) is 0 Å². The van der Waals surface area contributed by atoms with Gasteiger partial charge in [0, 0.05) is 25.0 Å². The molecule has 8 heteroatoms. The molecule has 8 nitrogen and oxygen atoms in total. The highest BCUT2D eigenvalue weighted by atomic mass is 16.2. The molecule has 2 aromatic rings. The summed E-state index contributed by atoms with van der Waals surface area (Å²) in [5.41, 5.74) is 0.623. The van der Waals surface area contributed by atoms with Gasteiger partial charge in [-0.05, 0) is 35.4 Å². The molecule has 0 spiro atoms. The Bertz CT molecular complexity index is 630. The van der Waals surface area contributed by atoms with Crippen molar-refractivity contribution in [2.24, 2.45) is 5.92 Å². The van der Waals surface area contributed by atoms with Gasteiger partial charge in [0.1, 0.15) is 5.82 Å². The molecule has 1 aliphatic heterocycles. The average molecular weight is 289 g/mol. The highest BCUT2D eigenvalue weighted by Crippen LogP contribution is 2.16. The molecule has 1 fully saturated rings. The van der Waals surface area contributed by atoms with Crippen LogP contribution in [0.1, 0.15) is 26.7 Å². The Morgan fingerprint density at radius 1 is 1.33 bits per heavy atom. The van der Waals surface area contributed by atoms with Crippen LogP contribution in [0.5, 0.6) is 0 Å². The van der Waals surface area contributed by atoms with Crippen molar-refractivity contribution in [2.75, 3.05) is 18.4 Å². The van der Waals surface area contributed by atoms with Gasteiger partial charge in [0.05, 0.1) is 0 Å². The molecule has 0 saturated carbocycles. The monoisotopic (exact) mass is 289 g/mol. The molecule has 0 radical (unpaired) electrons. The van der Waals surface area contributed by atoms with Crippen LogP contribution in [0.4, 0.5) is 5.82 Å². The Morgan fingerprint density at radius 3 is 2.81 bits per heavy atom. The molecule has 0 aliphatic carbocycles. The normalized spacial score (nSPS) is 16.6. The van der Waals surface area contributed by atoms with Crippen molar-refractivity contribution < 1.29 is 4.79 Å². The minimum absolute atomic E-state index is 0.0680. The summed E-state index contributed by atoms with van der Waals surface area (Å²) in [5.74, 6) is 1.06. The third kappa shape index (κ3) is 2.93. The van der Waals surface area contributed by atoms with Gasteiger partial charge in [-0.15, -0.1) is 14.8 Å². The van der Waals surface area contributed by atoms with E-state index in [1.54, 1.807) is 0 Å². The van der Waals surface area contributed by atoms with Crippen molar-refractivity contribution in [3.05, 3.63) is 12.1 Å². The second-order valence-corrected chi connectivity index (χ2v) is 5.64. The number of carbonyl (C=O) groups excluding carboxylic acids is 1. The zero-order valence-electron chi connectivity index (χ0n) is 12.2. The fourth-order valence-corrected chi connectivity index (χ4v) is 2.55. The summed E-state index contributed by atoms with van der Waals surface area (Å²) in [6, 6.07) is 4.02. The second-order valence-electron chi connectivity index (χ2n) is 5.64. The SMILES string of the molecule is CC(C)C(=O)N1CCC(Nc2ccc3nnnn3n2)CC1. The number of aromatic nitrogens is 5. The lowest BCUT2D eigenvalue weighted by Crippen LogP contribution is -2.44. The van der Waals surface area contributed by atoms with E-state index in [-0.39, 0.29) is 11.8 Å². The van der Waals surface area contributed by atoms with E-state index in [1.807, 2.05) is 30.9 Å². The summed E-state index contributed by atoms with van der Waals surface area (Å²) in [4.78, 5) is 13.9. The largest absolute Gasteiger partial charge is 0.366 e. The first-order chi connectivity index (χ1) is 10.1. The smallest absolute Gasteiger partial charge is 0.225 e. The molecule has 1 saturated heterocycles. The second kappa shape index (κ2) is 5.63. The minimum atomic E-state index is 0.0680. The van der Waals surface area contributed by atoms with Crippen LogP contribution in [0.2, 0.25) is 0 Å². The first-order valence-corrected chi connectivity index (χ1v) is 7.24. The topological polar surface area (TPSA) is 88.3 Å². The average Bonchev–Trinajstić information content (AvgIpc) is 2.95. The fraction of sp³-hybridized carbons (Fsp3) is 0.615. The number of piperidine rings is 1. The van der Waals surface area contributed by atoms with Gasteiger partial charge in [0.2, 0.25) is 5.91 Å². The van der Waals surface area contributed by atoms with Gasteiger partial charge in [-0.25, -0.2) is 0 Å². The minimum Gasteiger partial charge on any atom is -0.366 e. The van der Waals surface area contributed by atoms with E-state index in [9.17, 15) is 4.79 Å². The lowest BCUT2D eigenvalue weighted by molar-refractivity contribution is -0.135. The number of nitrogens with zero attached hydrogens (tertiary/aromatic N) is 6. The Morgan fingerprint density at radius 2 is 2.10 bits per heavy atom. The first-order valence-electron chi connectivity index (χ1n) is 7.24. The summed E-state index contributed by atoms with van der Waals surface area (Å²) in [7, 11) is 0. The maximum atomic E-state index is 11.9. The Hall–Kier alpha value is -2.25. The molecule has 112 valence electrons. The van der Waals surface area contributed by atoms with Gasteiger partial charge in [-0.1, -0.05) is 13.8 Å². The van der Waals surface area contributed by atoms with Crippen LogP contribution >= 0.6 is 0 Å². The van der Waals surface area contributed by atoms with E-state index < -0.39 is 0 Å². The van der Waals surface area contributed by atoms with E-state index in [2.05, 4.69) is 25.9 Å². The highest BCUT2D eigenvalue weighted by Gasteiger charge is 2.24. The third-order valence-corrected chi connectivity index (χ3v) is 3.72. The summed E-state index contributed by atoms with van der Waals surface area (Å²) in [6.45, 7) is 5.47. The van der Waals surface area contributed by atoms with Crippen LogP contribution in [0.15, 0.2) is 12.1 Å². The molecule has 3 rings (SSSR count). The lowest BCUT2D eigenvalue weighted by Gasteiger charge is -2.33. The summed E-state index contributed by atoms with van der Waals surface area (Å²) >= 11 is 0. The van der Waals surface area contributed by atoms with Crippen LogP contribution in [0.3, 0.4) is 0 Å². The quantitative estimate of drug-likeness (QED) is 0.889. The number of hydrogen-bond acceptors (Lipinski definition) is 6. The molecular formula is C13H19N7O. The van der Waals surface area contributed by atoms with E-state index in [0.29, 0.717) is 11.7 Å². The van der Waals surface area contributed by atoms with Crippen LogP contribution in [-0.4, -0.2) is 55.2 Å². The maximum Gasteiger partial charge on any atom is 0.225 e. The molecule has 1 aliphatic rings. The Kier molecular flexibility index (Phi) is 3.68. The molecule has 2 aromatic heterocycles. The van der Waals surface area contributed by atoms with Gasteiger partial charge in [0.25, 0.3) is 0 Å². The van der Waals surface area contributed by atoms with Gasteiger partial charge < -0.3 is 10.2 Å². The molecule has 0 bridgehead atoms. The number of nitrogens with one attached hydrogen (secondary N) is 1. The van der Waals surface area contributed by atoms with Crippen LogP contribution in [0, 0.1) is 5.92 Å². The standard InChI is InChI=1S/C13H19N7O/c1-9(2)13(21)19-7-5-10(6-8-19)14-11-3-4-12-15-17-18-20(12)16-11/h3-4,9-10H,5-8H2,1-2H3,(H,14,16). The number of amides is 1. The van der Waals surface area contributed by atoms with Crippen molar-refractivity contribution in [3.63, 3.8) is 0 Å². The van der Waals surface area contributed by atoms with Gasteiger partial charge >= 0.3 is 0 Å². The molecule has 1 N–H and O–H groups in total. The number of fused-ring (bicyclic) bond motifs is 1. The molecule has 21 heavy (non-hydrogen) atoms. The zero-order chi connectivity index (χ0) is 14.8. The number of hydrogen-bond donors (Lipinski definition) is 1. The van der Waals surface area contributed by atoms with Gasteiger partial charge in [-0.3, -0.25) is 4.79 Å². The molecule has 3 heterocycles. The Labute approximate surface area is 122 Å². The Balaban J connectivity index is 1.58. The molecule has 0 unspecified atom stereocenters. The first kappa shape index (κ1) is 13.7. The van der Waals surface area contributed by atoms with Gasteiger partial charge in [0.15, 0.2) is 5.65 Å². The van der Waals surface area contributed by atoms with Crippen molar-refractivity contribution in [2.45, 2.75) is 32.7 Å². The van der Waals surface area contributed by atoms with Crippen LogP contribution in [-0.2, 0) is 4.79 Å². The van der Waals surface area contributed by atoms with Crippen LogP contribution < -0.4 is 5.32 Å². The van der Waals surface area contributed by atoms with Crippen molar-refractivity contribution in [1.82, 2.24) is 30.2 Å². The predicted molar refractivity (Wildman–Crippen MR) is 76.6 cm³/mol. The van der Waals surface area contributed by atoms with Crippen molar-refractivity contribution in [1.29, 1.82) is 0 Å². The molecule has 0 aromatic carbocycles. The summed E-state index contributed by atoms with van der Waals surface area (Å²) < 4.78 is 1.40.